The van der Waals surface area contributed by atoms with Crippen molar-refractivity contribution < 1.29 is 10.0 Å². The lowest BCUT2D eigenvalue weighted by molar-refractivity contribution is -0.128. The molecule has 0 saturated carbocycles. The van der Waals surface area contributed by atoms with E-state index in [-0.39, 0.29) is 6.61 Å². The van der Waals surface area contributed by atoms with E-state index >= 15 is 0 Å². The van der Waals surface area contributed by atoms with Gasteiger partial charge < -0.3 is 0 Å². The van der Waals surface area contributed by atoms with Gasteiger partial charge in [0.05, 0.1) is 12.3 Å². The van der Waals surface area contributed by atoms with Crippen LogP contribution in [0.2, 0.25) is 0 Å². The van der Waals surface area contributed by atoms with Crippen LogP contribution in [0.25, 0.3) is 0 Å². The fraction of sp³-hybridized carbons (Fsp3) is 0.500. The summed E-state index contributed by atoms with van der Waals surface area (Å²) >= 11 is 0. The zero-order chi connectivity index (χ0) is 5.70. The average molecular weight is 102 g/mol. The first-order valence-electron chi connectivity index (χ1n) is 1.88. The Morgan fingerprint density at radius 1 is 2.00 bits per heavy atom. The Morgan fingerprint density at radius 3 is 2.71 bits per heavy atom. The van der Waals surface area contributed by atoms with Crippen LogP contribution in [-0.4, -0.2) is 11.8 Å². The molecule has 0 saturated heterocycles. The summed E-state index contributed by atoms with van der Waals surface area (Å²) < 4.78 is 0. The highest BCUT2D eigenvalue weighted by Gasteiger charge is 1.82. The molecule has 1 radical (unpaired) electrons. The monoisotopic (exact) mass is 102 g/mol. The molecule has 0 aromatic rings. The largest absolute Gasteiger partial charge is 0.272 e. The lowest BCUT2D eigenvalue weighted by Crippen LogP contribution is -2.01. The summed E-state index contributed by atoms with van der Waals surface area (Å²) in [4.78, 5) is 4.18. The van der Waals surface area contributed by atoms with Gasteiger partial charge in [-0.3, -0.25) is 10.0 Å². The first-order valence-corrected chi connectivity index (χ1v) is 1.88. The second kappa shape index (κ2) is 3.80. The van der Waals surface area contributed by atoms with Crippen molar-refractivity contribution in [2.24, 2.45) is 0 Å². The highest BCUT2D eigenvalue weighted by molar-refractivity contribution is 4.86. The van der Waals surface area contributed by atoms with E-state index < -0.39 is 0 Å². The SMILES string of the molecule is C=C(C)CO[N]O. The van der Waals surface area contributed by atoms with Crippen LogP contribution < -0.4 is 5.64 Å². The van der Waals surface area contributed by atoms with Crippen molar-refractivity contribution in [3.05, 3.63) is 12.2 Å². The number of nitrogens with zero attached hydrogens (tertiary/aromatic N) is 1. The van der Waals surface area contributed by atoms with Gasteiger partial charge in [-0.25, -0.2) is 0 Å². The van der Waals surface area contributed by atoms with Gasteiger partial charge in [-0.05, 0) is 6.92 Å². The molecule has 0 fully saturated rings. The molecule has 3 heteroatoms. The molecular weight excluding hydrogens is 94.0 g/mol. The first-order chi connectivity index (χ1) is 3.27. The average Bonchev–Trinajstić information content (AvgIpc) is 1.61. The van der Waals surface area contributed by atoms with E-state index in [9.17, 15) is 0 Å². The summed E-state index contributed by atoms with van der Waals surface area (Å²) in [5, 5.41) is 7.68. The zero-order valence-electron chi connectivity index (χ0n) is 4.22. The molecule has 0 aromatic heterocycles. The van der Waals surface area contributed by atoms with Crippen molar-refractivity contribution in [2.45, 2.75) is 6.92 Å². The van der Waals surface area contributed by atoms with Gasteiger partial charge in [-0.1, -0.05) is 12.2 Å². The summed E-state index contributed by atoms with van der Waals surface area (Å²) in [7, 11) is 0. The quantitative estimate of drug-likeness (QED) is 0.416. The van der Waals surface area contributed by atoms with E-state index in [0.717, 1.165) is 5.57 Å². The van der Waals surface area contributed by atoms with Crippen molar-refractivity contribution in [3.8, 4) is 0 Å². The minimum Gasteiger partial charge on any atom is -0.272 e. The van der Waals surface area contributed by atoms with Crippen LogP contribution in [0.15, 0.2) is 12.2 Å². The molecule has 41 valence electrons. The highest BCUT2D eigenvalue weighted by atomic mass is 16.8. The maximum absolute atomic E-state index is 7.68. The summed E-state index contributed by atoms with van der Waals surface area (Å²) in [6.45, 7) is 5.57. The Bertz CT molecular complexity index is 62.7. The molecule has 0 aliphatic carbocycles. The van der Waals surface area contributed by atoms with Crippen molar-refractivity contribution in [1.29, 1.82) is 0 Å². The van der Waals surface area contributed by atoms with Gasteiger partial charge in [0.2, 0.25) is 0 Å². The van der Waals surface area contributed by atoms with Crippen LogP contribution in [0.4, 0.5) is 0 Å². The molecule has 0 amide bonds. The molecule has 0 heterocycles. The lowest BCUT2D eigenvalue weighted by Gasteiger charge is -1.92. The molecule has 0 rings (SSSR count). The topological polar surface area (TPSA) is 43.6 Å². The Morgan fingerprint density at radius 2 is 2.57 bits per heavy atom. The van der Waals surface area contributed by atoms with Crippen LogP contribution in [0.3, 0.4) is 0 Å². The second-order valence-electron chi connectivity index (χ2n) is 1.31. The summed E-state index contributed by atoms with van der Waals surface area (Å²) in [5.41, 5.74) is 3.25. The molecule has 3 nitrogen and oxygen atoms in total. The van der Waals surface area contributed by atoms with Crippen LogP contribution in [0, 0.1) is 0 Å². The van der Waals surface area contributed by atoms with Crippen molar-refractivity contribution >= 4 is 0 Å². The normalized spacial score (nSPS) is 8.86. The fourth-order valence-corrected chi connectivity index (χ4v) is 0.139. The van der Waals surface area contributed by atoms with Crippen molar-refractivity contribution in [2.75, 3.05) is 6.61 Å². The maximum atomic E-state index is 7.68. The van der Waals surface area contributed by atoms with Gasteiger partial charge in [0, 0.05) is 0 Å². The molecule has 0 spiro atoms. The van der Waals surface area contributed by atoms with Gasteiger partial charge in [0.25, 0.3) is 0 Å². The Labute approximate surface area is 42.5 Å². The first kappa shape index (κ1) is 6.62. The van der Waals surface area contributed by atoms with E-state index in [0.29, 0.717) is 0 Å². The molecule has 0 atom stereocenters. The van der Waals surface area contributed by atoms with Crippen molar-refractivity contribution in [1.82, 2.24) is 5.64 Å². The molecule has 0 aromatic carbocycles. The van der Waals surface area contributed by atoms with Crippen LogP contribution >= 0.6 is 0 Å². The summed E-state index contributed by atoms with van der Waals surface area (Å²) in [6.07, 6.45) is 0. The summed E-state index contributed by atoms with van der Waals surface area (Å²) in [6, 6.07) is 0. The minimum absolute atomic E-state index is 0.288. The number of hydrogen-bond donors (Lipinski definition) is 1. The van der Waals surface area contributed by atoms with Gasteiger partial charge in [0.15, 0.2) is 0 Å². The molecule has 0 aliphatic rings. The van der Waals surface area contributed by atoms with Gasteiger partial charge in [-0.2, -0.15) is 0 Å². The maximum Gasteiger partial charge on any atom is 0.0933 e. The summed E-state index contributed by atoms with van der Waals surface area (Å²) in [5.74, 6) is 0. The van der Waals surface area contributed by atoms with Crippen LogP contribution in [0.1, 0.15) is 6.92 Å². The third-order valence-corrected chi connectivity index (χ3v) is 0.369. The van der Waals surface area contributed by atoms with Crippen LogP contribution in [0.5, 0.6) is 0 Å². The lowest BCUT2D eigenvalue weighted by atomic mass is 10.4. The van der Waals surface area contributed by atoms with Gasteiger partial charge in [0.1, 0.15) is 0 Å². The minimum atomic E-state index is 0.288. The number of rotatable bonds is 3. The number of hydrogen-bond acceptors (Lipinski definition) is 2. The predicted molar refractivity (Wildman–Crippen MR) is 24.7 cm³/mol. The molecule has 0 bridgehead atoms. The Balaban J connectivity index is 2.82. The van der Waals surface area contributed by atoms with Crippen molar-refractivity contribution in [3.63, 3.8) is 0 Å². The standard InChI is InChI=1S/C4H8NO2/c1-4(2)3-7-5-6/h6H,1,3H2,2H3. The van der Waals surface area contributed by atoms with E-state index in [1.165, 1.54) is 0 Å². The van der Waals surface area contributed by atoms with Gasteiger partial charge in [-0.15, -0.1) is 0 Å². The zero-order valence-corrected chi connectivity index (χ0v) is 4.22. The smallest absolute Gasteiger partial charge is 0.0933 e. The van der Waals surface area contributed by atoms with Gasteiger partial charge >= 0.3 is 0 Å². The Kier molecular flexibility index (Phi) is 3.59. The highest BCUT2D eigenvalue weighted by Crippen LogP contribution is 1.83. The third-order valence-electron chi connectivity index (χ3n) is 0.369. The molecule has 0 aliphatic heterocycles. The Hall–Kier alpha value is -0.380. The molecule has 1 N–H and O–H groups in total. The van der Waals surface area contributed by atoms with E-state index in [1.54, 1.807) is 6.92 Å². The third kappa shape index (κ3) is 5.62. The van der Waals surface area contributed by atoms with E-state index in [4.69, 9.17) is 5.21 Å². The van der Waals surface area contributed by atoms with E-state index in [2.05, 4.69) is 17.1 Å². The predicted octanol–water partition coefficient (Wildman–Crippen LogP) is 0.488. The molecule has 7 heavy (non-hydrogen) atoms. The molecule has 0 unspecified atom stereocenters. The van der Waals surface area contributed by atoms with Crippen LogP contribution in [-0.2, 0) is 4.84 Å². The van der Waals surface area contributed by atoms with E-state index in [1.807, 2.05) is 0 Å². The fourth-order valence-electron chi connectivity index (χ4n) is 0.139. The molecular formula is C4H8NO2. The second-order valence-corrected chi connectivity index (χ2v) is 1.31.